The normalized spacial score (nSPS) is 19.0. The van der Waals surface area contributed by atoms with Crippen LogP contribution in [-0.4, -0.2) is 77.3 Å². The Hall–Kier alpha value is -0.240. The Balaban J connectivity index is 5.53. The minimum atomic E-state index is -0.357. The average Bonchev–Trinajstić information content (AvgIpc) is 2.69. The van der Waals surface area contributed by atoms with Gasteiger partial charge in [0.2, 0.25) is 0 Å². The Morgan fingerprint density at radius 3 is 1.15 bits per heavy atom. The lowest BCUT2D eigenvalue weighted by Crippen LogP contribution is -2.53. The number of ether oxygens (including phenoxy) is 6. The molecular weight excluding hydrogens is 420 g/mol. The highest BCUT2D eigenvalue weighted by molar-refractivity contribution is 4.87. The molecule has 0 aliphatic carbocycles. The molecule has 0 saturated heterocycles. The topological polar surface area (TPSA) is 55.4 Å². The fourth-order valence-electron chi connectivity index (χ4n) is 4.44. The third kappa shape index (κ3) is 14.7. The second kappa shape index (κ2) is 18.1. The summed E-state index contributed by atoms with van der Waals surface area (Å²) in [5.74, 6) is 1.69. The molecule has 33 heavy (non-hydrogen) atoms. The maximum atomic E-state index is 6.57. The summed E-state index contributed by atoms with van der Waals surface area (Å²) in [6.07, 6.45) is 2.03. The van der Waals surface area contributed by atoms with Gasteiger partial charge in [-0.3, -0.25) is 0 Å². The van der Waals surface area contributed by atoms with Gasteiger partial charge < -0.3 is 28.4 Å². The van der Waals surface area contributed by atoms with E-state index in [4.69, 9.17) is 28.4 Å². The Labute approximate surface area is 205 Å². The lowest BCUT2D eigenvalue weighted by molar-refractivity contribution is -0.197. The highest BCUT2D eigenvalue weighted by atomic mass is 16.6. The molecule has 0 aromatic carbocycles. The number of methoxy groups -OCH3 is 3. The zero-order valence-corrected chi connectivity index (χ0v) is 23.8. The molecule has 0 aromatic heterocycles. The molecule has 0 heterocycles. The van der Waals surface area contributed by atoms with E-state index in [0.29, 0.717) is 31.0 Å². The maximum absolute atomic E-state index is 6.57. The van der Waals surface area contributed by atoms with Crippen molar-refractivity contribution in [1.29, 1.82) is 0 Å². The first kappa shape index (κ1) is 32.8. The lowest BCUT2D eigenvalue weighted by Gasteiger charge is -2.38. The van der Waals surface area contributed by atoms with Crippen LogP contribution in [0.4, 0.5) is 0 Å². The van der Waals surface area contributed by atoms with E-state index in [2.05, 4.69) is 62.3 Å². The molecule has 3 unspecified atom stereocenters. The number of hydrogen-bond acceptors (Lipinski definition) is 6. The molecule has 6 heteroatoms. The van der Waals surface area contributed by atoms with Gasteiger partial charge >= 0.3 is 0 Å². The second-order valence-corrected chi connectivity index (χ2v) is 10.8. The first-order valence-corrected chi connectivity index (χ1v) is 12.9. The predicted molar refractivity (Wildman–Crippen MR) is 136 cm³/mol. The van der Waals surface area contributed by atoms with E-state index in [9.17, 15) is 0 Å². The summed E-state index contributed by atoms with van der Waals surface area (Å²) in [6, 6.07) is 0. The van der Waals surface area contributed by atoms with Crippen molar-refractivity contribution in [1.82, 2.24) is 0 Å². The van der Waals surface area contributed by atoms with Crippen LogP contribution in [0.25, 0.3) is 0 Å². The molecule has 0 aliphatic heterocycles. The van der Waals surface area contributed by atoms with Crippen LogP contribution in [0.3, 0.4) is 0 Å². The second-order valence-electron chi connectivity index (χ2n) is 10.8. The van der Waals surface area contributed by atoms with Gasteiger partial charge in [0.05, 0.1) is 31.5 Å². The van der Waals surface area contributed by atoms with Crippen LogP contribution < -0.4 is 0 Å². The average molecular weight is 477 g/mol. The lowest BCUT2D eigenvalue weighted by atomic mass is 10.0. The number of hydrogen-bond donors (Lipinski definition) is 0. The summed E-state index contributed by atoms with van der Waals surface area (Å²) in [6.45, 7) is 20.4. The predicted octanol–water partition coefficient (Wildman–Crippen LogP) is 5.75. The molecule has 0 aliphatic rings. The maximum Gasteiger partial charge on any atom is 0.115 e. The molecule has 0 saturated carbocycles. The Morgan fingerprint density at radius 1 is 0.455 bits per heavy atom. The molecule has 0 fully saturated rings. The van der Waals surface area contributed by atoms with E-state index in [1.165, 1.54) is 0 Å². The Bertz CT molecular complexity index is 456. The van der Waals surface area contributed by atoms with Gasteiger partial charge in [-0.15, -0.1) is 0 Å². The van der Waals surface area contributed by atoms with Crippen LogP contribution in [0.2, 0.25) is 0 Å². The van der Waals surface area contributed by atoms with E-state index in [-0.39, 0.29) is 42.7 Å². The van der Waals surface area contributed by atoms with Crippen LogP contribution in [0, 0.1) is 17.8 Å². The number of rotatable bonds is 20. The highest BCUT2D eigenvalue weighted by Crippen LogP contribution is 2.23. The van der Waals surface area contributed by atoms with Crippen molar-refractivity contribution in [2.75, 3.05) is 34.5 Å². The van der Waals surface area contributed by atoms with Crippen molar-refractivity contribution in [2.24, 2.45) is 17.8 Å². The quantitative estimate of drug-likeness (QED) is 0.223. The van der Waals surface area contributed by atoms with Crippen LogP contribution >= 0.6 is 0 Å². The molecule has 0 rings (SSSR count). The van der Waals surface area contributed by atoms with Crippen molar-refractivity contribution in [3.63, 3.8) is 0 Å². The van der Waals surface area contributed by atoms with Crippen molar-refractivity contribution in [3.05, 3.63) is 0 Å². The van der Waals surface area contributed by atoms with Crippen molar-refractivity contribution < 1.29 is 28.4 Å². The molecular formula is C27H56O6. The third-order valence-electron chi connectivity index (χ3n) is 5.82. The van der Waals surface area contributed by atoms with Crippen LogP contribution in [0.15, 0.2) is 0 Å². The van der Waals surface area contributed by atoms with E-state index >= 15 is 0 Å². The highest BCUT2D eigenvalue weighted by Gasteiger charge is 2.38. The standard InChI is InChI=1S/C27H56O6/c1-18(2)13-21(7)31-16-24(28-10)26(30-12)27(33-23(9)15-20(5)6)25(29-11)17-32-22(8)14-19(3)4/h18-27H,13-17H2,1-12H3/t21?,22?,23?,24-,25+,26-,27-/m1/s1. The Morgan fingerprint density at radius 2 is 0.818 bits per heavy atom. The third-order valence-corrected chi connectivity index (χ3v) is 5.82. The summed E-state index contributed by atoms with van der Waals surface area (Å²) < 4.78 is 36.6. The molecule has 0 spiro atoms. The van der Waals surface area contributed by atoms with Gasteiger partial charge in [0.25, 0.3) is 0 Å². The summed E-state index contributed by atoms with van der Waals surface area (Å²) in [4.78, 5) is 0. The van der Waals surface area contributed by atoms with Crippen LogP contribution in [0.5, 0.6) is 0 Å². The smallest absolute Gasteiger partial charge is 0.115 e. The van der Waals surface area contributed by atoms with Gasteiger partial charge in [0.1, 0.15) is 24.4 Å². The molecule has 0 radical (unpaired) electrons. The van der Waals surface area contributed by atoms with Crippen LogP contribution in [-0.2, 0) is 28.4 Å². The zero-order valence-electron chi connectivity index (χ0n) is 23.8. The SMILES string of the molecule is CO[C@@H]([C@H](OC(C)CC(C)C)[C@H](COC(C)CC(C)C)OC)[C@@H](COC(C)CC(C)C)OC. The largest absolute Gasteiger partial charge is 0.376 e. The van der Waals surface area contributed by atoms with Crippen molar-refractivity contribution >= 4 is 0 Å². The fraction of sp³-hybridized carbons (Fsp3) is 1.00. The van der Waals surface area contributed by atoms with Crippen molar-refractivity contribution in [3.8, 4) is 0 Å². The van der Waals surface area contributed by atoms with E-state index in [0.717, 1.165) is 19.3 Å². The van der Waals surface area contributed by atoms with Gasteiger partial charge in [-0.2, -0.15) is 0 Å². The minimum Gasteiger partial charge on any atom is -0.376 e. The van der Waals surface area contributed by atoms with Gasteiger partial charge in [-0.1, -0.05) is 41.5 Å². The minimum absolute atomic E-state index is 0.0525. The fourth-order valence-corrected chi connectivity index (χ4v) is 4.44. The van der Waals surface area contributed by atoms with E-state index in [1.54, 1.807) is 21.3 Å². The molecule has 0 N–H and O–H groups in total. The summed E-state index contributed by atoms with van der Waals surface area (Å²) in [5, 5.41) is 0. The summed E-state index contributed by atoms with van der Waals surface area (Å²) in [7, 11) is 5.11. The first-order valence-electron chi connectivity index (χ1n) is 12.9. The van der Waals surface area contributed by atoms with Gasteiger partial charge in [0, 0.05) is 21.3 Å². The molecule has 0 aromatic rings. The van der Waals surface area contributed by atoms with Crippen molar-refractivity contribution in [2.45, 2.75) is 124 Å². The summed E-state index contributed by atoms with van der Waals surface area (Å²) in [5.41, 5.74) is 0. The Kier molecular flexibility index (Phi) is 18.0. The zero-order chi connectivity index (χ0) is 25.6. The van der Waals surface area contributed by atoms with Crippen LogP contribution in [0.1, 0.15) is 81.6 Å². The molecule has 6 nitrogen and oxygen atoms in total. The first-order chi connectivity index (χ1) is 15.4. The summed E-state index contributed by atoms with van der Waals surface area (Å²) >= 11 is 0. The van der Waals surface area contributed by atoms with Gasteiger partial charge in [-0.05, 0) is 57.8 Å². The van der Waals surface area contributed by atoms with E-state index < -0.39 is 0 Å². The van der Waals surface area contributed by atoms with E-state index in [1.807, 2.05) is 0 Å². The molecule has 0 bridgehead atoms. The van der Waals surface area contributed by atoms with Gasteiger partial charge in [0.15, 0.2) is 0 Å². The molecule has 200 valence electrons. The molecule has 0 amide bonds. The van der Waals surface area contributed by atoms with Gasteiger partial charge in [-0.25, -0.2) is 0 Å². The monoisotopic (exact) mass is 476 g/mol. The molecule has 7 atom stereocenters.